The Balaban J connectivity index is 1.93. The molecule has 24 heavy (non-hydrogen) atoms. The lowest BCUT2D eigenvalue weighted by atomic mass is 10.1. The molecule has 0 spiro atoms. The van der Waals surface area contributed by atoms with Gasteiger partial charge in [0.25, 0.3) is 5.56 Å². The van der Waals surface area contributed by atoms with Crippen LogP contribution >= 0.6 is 15.9 Å². The molecular formula is C17H19BrN2O4. The molecule has 7 heteroatoms. The first kappa shape index (κ1) is 18.1. The number of aromatic nitrogens is 1. The van der Waals surface area contributed by atoms with Gasteiger partial charge in [0, 0.05) is 23.3 Å². The fourth-order valence-corrected chi connectivity index (χ4v) is 2.75. The molecule has 0 saturated heterocycles. The number of pyridine rings is 1. The molecule has 0 aliphatic rings. The van der Waals surface area contributed by atoms with E-state index in [0.29, 0.717) is 24.5 Å². The van der Waals surface area contributed by atoms with Crippen molar-refractivity contribution in [3.63, 3.8) is 0 Å². The summed E-state index contributed by atoms with van der Waals surface area (Å²) in [7, 11) is 3.16. The van der Waals surface area contributed by atoms with Gasteiger partial charge in [0.1, 0.15) is 6.54 Å². The molecule has 1 N–H and O–H groups in total. The standard InChI is InChI=1S/C17H19BrN2O4/c1-23-14-9-12(13(18)10-15(14)24-2)6-7-19-16(21)11-20-8-4-3-5-17(20)22/h3-5,8-10H,6-7,11H2,1-2H3,(H,19,21). The molecular weight excluding hydrogens is 376 g/mol. The Morgan fingerprint density at radius 3 is 2.58 bits per heavy atom. The molecule has 1 aromatic carbocycles. The van der Waals surface area contributed by atoms with E-state index in [-0.39, 0.29) is 18.0 Å². The summed E-state index contributed by atoms with van der Waals surface area (Å²) < 4.78 is 12.8. The SMILES string of the molecule is COc1cc(Br)c(CCNC(=O)Cn2ccccc2=O)cc1OC. The number of carbonyl (C=O) groups is 1. The molecule has 0 saturated carbocycles. The summed E-state index contributed by atoms with van der Waals surface area (Å²) in [6.45, 7) is 0.460. The highest BCUT2D eigenvalue weighted by Gasteiger charge is 2.10. The summed E-state index contributed by atoms with van der Waals surface area (Å²) in [5, 5.41) is 2.81. The molecule has 2 rings (SSSR count). The zero-order valence-electron chi connectivity index (χ0n) is 13.5. The quantitative estimate of drug-likeness (QED) is 0.779. The van der Waals surface area contributed by atoms with Crippen LogP contribution in [-0.4, -0.2) is 31.2 Å². The Kier molecular flexibility index (Phi) is 6.43. The Labute approximate surface area is 148 Å². The van der Waals surface area contributed by atoms with E-state index in [1.807, 2.05) is 12.1 Å². The number of rotatable bonds is 7. The van der Waals surface area contributed by atoms with Gasteiger partial charge in [-0.05, 0) is 30.2 Å². The highest BCUT2D eigenvalue weighted by molar-refractivity contribution is 9.10. The normalized spacial score (nSPS) is 10.3. The molecule has 0 atom stereocenters. The lowest BCUT2D eigenvalue weighted by Gasteiger charge is -2.12. The number of nitrogens with one attached hydrogen (secondary N) is 1. The van der Waals surface area contributed by atoms with Crippen molar-refractivity contribution in [2.45, 2.75) is 13.0 Å². The molecule has 0 unspecified atom stereocenters. The second-order valence-electron chi connectivity index (χ2n) is 5.07. The van der Waals surface area contributed by atoms with Gasteiger partial charge in [-0.1, -0.05) is 22.0 Å². The monoisotopic (exact) mass is 394 g/mol. The van der Waals surface area contributed by atoms with Gasteiger partial charge in [-0.2, -0.15) is 0 Å². The Morgan fingerprint density at radius 1 is 1.21 bits per heavy atom. The van der Waals surface area contributed by atoms with Crippen molar-refractivity contribution in [1.82, 2.24) is 9.88 Å². The van der Waals surface area contributed by atoms with Crippen molar-refractivity contribution < 1.29 is 14.3 Å². The average molecular weight is 395 g/mol. The molecule has 0 fully saturated rings. The van der Waals surface area contributed by atoms with Gasteiger partial charge in [-0.3, -0.25) is 9.59 Å². The molecule has 0 aliphatic carbocycles. The summed E-state index contributed by atoms with van der Waals surface area (Å²) in [5.41, 5.74) is 0.792. The zero-order chi connectivity index (χ0) is 17.5. The fourth-order valence-electron chi connectivity index (χ4n) is 2.23. The maximum Gasteiger partial charge on any atom is 0.250 e. The first-order chi connectivity index (χ1) is 11.5. The van der Waals surface area contributed by atoms with Gasteiger partial charge in [0.15, 0.2) is 11.5 Å². The smallest absolute Gasteiger partial charge is 0.250 e. The van der Waals surface area contributed by atoms with Crippen LogP contribution in [0.4, 0.5) is 0 Å². The van der Waals surface area contributed by atoms with Crippen LogP contribution < -0.4 is 20.3 Å². The van der Waals surface area contributed by atoms with Crippen LogP contribution in [0.25, 0.3) is 0 Å². The van der Waals surface area contributed by atoms with E-state index in [2.05, 4.69) is 21.2 Å². The summed E-state index contributed by atoms with van der Waals surface area (Å²) in [6, 6.07) is 8.49. The van der Waals surface area contributed by atoms with Crippen LogP contribution in [0, 0.1) is 0 Å². The second kappa shape index (κ2) is 8.54. The molecule has 0 bridgehead atoms. The number of ether oxygens (including phenoxy) is 2. The van der Waals surface area contributed by atoms with Gasteiger partial charge < -0.3 is 19.4 Å². The number of amides is 1. The van der Waals surface area contributed by atoms with Crippen molar-refractivity contribution in [2.75, 3.05) is 20.8 Å². The van der Waals surface area contributed by atoms with Crippen molar-refractivity contribution in [2.24, 2.45) is 0 Å². The number of methoxy groups -OCH3 is 2. The van der Waals surface area contributed by atoms with Crippen molar-refractivity contribution in [3.8, 4) is 11.5 Å². The van der Waals surface area contributed by atoms with E-state index >= 15 is 0 Å². The Morgan fingerprint density at radius 2 is 1.92 bits per heavy atom. The predicted octanol–water partition coefficient (Wildman–Crippen LogP) is 1.99. The van der Waals surface area contributed by atoms with Gasteiger partial charge in [-0.15, -0.1) is 0 Å². The highest BCUT2D eigenvalue weighted by Crippen LogP contribution is 2.33. The fraction of sp³-hybridized carbons (Fsp3) is 0.294. The number of nitrogens with zero attached hydrogens (tertiary/aromatic N) is 1. The molecule has 128 valence electrons. The molecule has 2 aromatic rings. The van der Waals surface area contributed by atoms with Crippen LogP contribution in [0.2, 0.25) is 0 Å². The first-order valence-corrected chi connectivity index (χ1v) is 8.17. The van der Waals surface area contributed by atoms with Crippen molar-refractivity contribution in [3.05, 3.63) is 56.9 Å². The third kappa shape index (κ3) is 4.61. The molecule has 1 heterocycles. The van der Waals surface area contributed by atoms with Crippen LogP contribution in [0.1, 0.15) is 5.56 Å². The number of carbonyl (C=O) groups excluding carboxylic acids is 1. The van der Waals surface area contributed by atoms with E-state index in [4.69, 9.17) is 9.47 Å². The lowest BCUT2D eigenvalue weighted by molar-refractivity contribution is -0.121. The van der Waals surface area contributed by atoms with Gasteiger partial charge in [-0.25, -0.2) is 0 Å². The molecule has 0 radical (unpaired) electrons. The van der Waals surface area contributed by atoms with E-state index in [0.717, 1.165) is 10.0 Å². The van der Waals surface area contributed by atoms with E-state index in [1.54, 1.807) is 32.5 Å². The van der Waals surface area contributed by atoms with Crippen molar-refractivity contribution in [1.29, 1.82) is 0 Å². The van der Waals surface area contributed by atoms with Crippen LogP contribution in [-0.2, 0) is 17.8 Å². The summed E-state index contributed by atoms with van der Waals surface area (Å²) in [5.74, 6) is 1.07. The summed E-state index contributed by atoms with van der Waals surface area (Å²) >= 11 is 3.49. The second-order valence-corrected chi connectivity index (χ2v) is 5.92. The first-order valence-electron chi connectivity index (χ1n) is 7.37. The third-order valence-electron chi connectivity index (χ3n) is 3.48. The molecule has 0 aliphatic heterocycles. The van der Waals surface area contributed by atoms with Gasteiger partial charge >= 0.3 is 0 Å². The van der Waals surface area contributed by atoms with Gasteiger partial charge in [0.2, 0.25) is 5.91 Å². The average Bonchev–Trinajstić information content (AvgIpc) is 2.58. The maximum atomic E-state index is 11.9. The summed E-state index contributed by atoms with van der Waals surface area (Å²) in [4.78, 5) is 23.5. The van der Waals surface area contributed by atoms with E-state index in [9.17, 15) is 9.59 Å². The molecule has 1 aromatic heterocycles. The largest absolute Gasteiger partial charge is 0.493 e. The van der Waals surface area contributed by atoms with Gasteiger partial charge in [0.05, 0.1) is 14.2 Å². The minimum absolute atomic E-state index is 0.00672. The number of hydrogen-bond donors (Lipinski definition) is 1. The van der Waals surface area contributed by atoms with Crippen LogP contribution in [0.3, 0.4) is 0 Å². The minimum Gasteiger partial charge on any atom is -0.493 e. The third-order valence-corrected chi connectivity index (χ3v) is 4.22. The molecule has 1 amide bonds. The number of halogens is 1. The Bertz CT molecular complexity index is 773. The maximum absolute atomic E-state index is 11.9. The topological polar surface area (TPSA) is 69.6 Å². The van der Waals surface area contributed by atoms with E-state index < -0.39 is 0 Å². The van der Waals surface area contributed by atoms with Crippen LogP contribution in [0.15, 0.2) is 45.8 Å². The zero-order valence-corrected chi connectivity index (χ0v) is 15.1. The number of benzene rings is 1. The lowest BCUT2D eigenvalue weighted by Crippen LogP contribution is -2.32. The summed E-state index contributed by atoms with van der Waals surface area (Å²) in [6.07, 6.45) is 2.21. The van der Waals surface area contributed by atoms with Crippen molar-refractivity contribution >= 4 is 21.8 Å². The van der Waals surface area contributed by atoms with E-state index in [1.165, 1.54) is 10.6 Å². The minimum atomic E-state index is -0.208. The predicted molar refractivity (Wildman–Crippen MR) is 94.7 cm³/mol. The molecule has 6 nitrogen and oxygen atoms in total. The highest BCUT2D eigenvalue weighted by atomic mass is 79.9. The Hall–Kier alpha value is -2.28. The van der Waals surface area contributed by atoms with Crippen LogP contribution in [0.5, 0.6) is 11.5 Å². The number of hydrogen-bond acceptors (Lipinski definition) is 4.